The Labute approximate surface area is 134 Å². The highest BCUT2D eigenvalue weighted by atomic mass is 16.6. The summed E-state index contributed by atoms with van der Waals surface area (Å²) in [6.45, 7) is -0.167. The van der Waals surface area contributed by atoms with Crippen molar-refractivity contribution in [3.63, 3.8) is 0 Å². The zero-order valence-electron chi connectivity index (χ0n) is 12.7. The lowest BCUT2D eigenvalue weighted by atomic mass is 10.2. The molecule has 0 spiro atoms. The van der Waals surface area contributed by atoms with E-state index in [1.807, 2.05) is 6.07 Å². The molecule has 0 aromatic heterocycles. The molecular formula is C17H17NO5. The molecule has 0 atom stereocenters. The number of carbonyl (C=O) groups excluding carboxylic acids is 2. The van der Waals surface area contributed by atoms with E-state index in [-0.39, 0.29) is 13.2 Å². The number of esters is 1. The number of carbonyl (C=O) groups is 2. The van der Waals surface area contributed by atoms with E-state index < -0.39 is 12.1 Å². The first kappa shape index (κ1) is 16.4. The summed E-state index contributed by atoms with van der Waals surface area (Å²) < 4.78 is 15.1. The maximum absolute atomic E-state index is 11.6. The minimum atomic E-state index is -0.689. The first-order valence-corrected chi connectivity index (χ1v) is 6.96. The summed E-state index contributed by atoms with van der Waals surface area (Å²) in [5.74, 6) is 0.574. The highest BCUT2D eigenvalue weighted by Gasteiger charge is 2.08. The summed E-state index contributed by atoms with van der Waals surface area (Å²) in [5, 5.41) is 2.34. The Hall–Kier alpha value is -3.02. The van der Waals surface area contributed by atoms with Gasteiger partial charge >= 0.3 is 12.1 Å². The molecule has 6 heteroatoms. The molecule has 1 amide bonds. The van der Waals surface area contributed by atoms with Crippen LogP contribution in [0.2, 0.25) is 0 Å². The molecule has 0 bridgehead atoms. The van der Waals surface area contributed by atoms with Gasteiger partial charge in [0, 0.05) is 0 Å². The van der Waals surface area contributed by atoms with Crippen LogP contribution in [0.15, 0.2) is 54.6 Å². The Kier molecular flexibility index (Phi) is 5.99. The molecule has 0 radical (unpaired) electrons. The van der Waals surface area contributed by atoms with Gasteiger partial charge in [-0.05, 0) is 29.8 Å². The Morgan fingerprint density at radius 3 is 2.30 bits per heavy atom. The average Bonchev–Trinajstić information content (AvgIpc) is 2.59. The van der Waals surface area contributed by atoms with Crippen LogP contribution in [0.3, 0.4) is 0 Å². The van der Waals surface area contributed by atoms with Crippen molar-refractivity contribution in [2.75, 3.05) is 13.7 Å². The van der Waals surface area contributed by atoms with Gasteiger partial charge in [0.25, 0.3) is 0 Å². The van der Waals surface area contributed by atoms with Crippen LogP contribution < -0.4 is 14.8 Å². The molecule has 6 nitrogen and oxygen atoms in total. The molecule has 0 saturated carbocycles. The van der Waals surface area contributed by atoms with Gasteiger partial charge in [0.2, 0.25) is 0 Å². The van der Waals surface area contributed by atoms with Crippen molar-refractivity contribution >= 4 is 12.1 Å². The Morgan fingerprint density at radius 1 is 0.957 bits per heavy atom. The number of hydrogen-bond acceptors (Lipinski definition) is 5. The van der Waals surface area contributed by atoms with Crippen LogP contribution in [0, 0.1) is 0 Å². The van der Waals surface area contributed by atoms with Crippen LogP contribution in [-0.2, 0) is 16.1 Å². The predicted octanol–water partition coefficient (Wildman–Crippen LogP) is 2.53. The van der Waals surface area contributed by atoms with E-state index in [4.69, 9.17) is 14.2 Å². The van der Waals surface area contributed by atoms with Crippen LogP contribution in [0.1, 0.15) is 5.56 Å². The van der Waals surface area contributed by atoms with Crippen LogP contribution in [-0.4, -0.2) is 25.7 Å². The molecule has 0 fully saturated rings. The zero-order chi connectivity index (χ0) is 16.5. The van der Waals surface area contributed by atoms with Crippen molar-refractivity contribution < 1.29 is 23.8 Å². The minimum absolute atomic E-state index is 0.101. The number of nitrogens with one attached hydrogen (secondary N) is 1. The van der Waals surface area contributed by atoms with Crippen LogP contribution >= 0.6 is 0 Å². The normalized spacial score (nSPS) is 9.78. The second-order valence-corrected chi connectivity index (χ2v) is 4.56. The molecule has 0 heterocycles. The highest BCUT2D eigenvalue weighted by molar-refractivity contribution is 5.79. The Balaban J connectivity index is 1.69. The van der Waals surface area contributed by atoms with Crippen molar-refractivity contribution in [1.29, 1.82) is 0 Å². The lowest BCUT2D eigenvalue weighted by molar-refractivity contribution is -0.133. The van der Waals surface area contributed by atoms with E-state index >= 15 is 0 Å². The highest BCUT2D eigenvalue weighted by Crippen LogP contribution is 2.12. The van der Waals surface area contributed by atoms with Gasteiger partial charge in [0.05, 0.1) is 7.11 Å². The maximum Gasteiger partial charge on any atom is 0.407 e. The van der Waals surface area contributed by atoms with Gasteiger partial charge in [-0.15, -0.1) is 0 Å². The predicted molar refractivity (Wildman–Crippen MR) is 83.3 cm³/mol. The number of methoxy groups -OCH3 is 1. The van der Waals surface area contributed by atoms with Gasteiger partial charge < -0.3 is 19.5 Å². The molecule has 2 aromatic rings. The number of para-hydroxylation sites is 1. The smallest absolute Gasteiger partial charge is 0.407 e. The lowest BCUT2D eigenvalue weighted by Gasteiger charge is -2.08. The second kappa shape index (κ2) is 8.43. The fourth-order valence-corrected chi connectivity index (χ4v) is 1.72. The summed E-state index contributed by atoms with van der Waals surface area (Å²) in [5.41, 5.74) is 0.813. The van der Waals surface area contributed by atoms with Crippen molar-refractivity contribution in [3.05, 3.63) is 60.2 Å². The number of amides is 1. The third kappa shape index (κ3) is 5.70. The summed E-state index contributed by atoms with van der Waals surface area (Å²) in [7, 11) is 1.58. The van der Waals surface area contributed by atoms with Gasteiger partial charge in [-0.25, -0.2) is 9.59 Å². The molecule has 0 saturated heterocycles. The number of ether oxygens (including phenoxy) is 3. The average molecular weight is 315 g/mol. The van der Waals surface area contributed by atoms with Crippen LogP contribution in [0.5, 0.6) is 11.5 Å². The quantitative estimate of drug-likeness (QED) is 0.655. The third-order valence-corrected chi connectivity index (χ3v) is 2.88. The zero-order valence-corrected chi connectivity index (χ0v) is 12.7. The van der Waals surface area contributed by atoms with E-state index in [9.17, 15) is 9.59 Å². The molecule has 1 N–H and O–H groups in total. The number of hydrogen-bond donors (Lipinski definition) is 1. The first-order valence-electron chi connectivity index (χ1n) is 6.96. The Morgan fingerprint density at radius 2 is 1.65 bits per heavy atom. The molecule has 0 aliphatic rings. The van der Waals surface area contributed by atoms with Crippen molar-refractivity contribution in [1.82, 2.24) is 5.32 Å². The van der Waals surface area contributed by atoms with Crippen molar-refractivity contribution in [3.8, 4) is 11.5 Å². The first-order chi connectivity index (χ1) is 11.2. The van der Waals surface area contributed by atoms with Gasteiger partial charge in [-0.3, -0.25) is 0 Å². The maximum atomic E-state index is 11.6. The van der Waals surface area contributed by atoms with Gasteiger partial charge in [-0.2, -0.15) is 0 Å². The minimum Gasteiger partial charge on any atom is -0.497 e. The summed E-state index contributed by atoms with van der Waals surface area (Å²) in [4.78, 5) is 23.1. The fourth-order valence-electron chi connectivity index (χ4n) is 1.72. The van der Waals surface area contributed by atoms with Gasteiger partial charge in [-0.1, -0.05) is 30.3 Å². The van der Waals surface area contributed by atoms with Gasteiger partial charge in [0.15, 0.2) is 0 Å². The van der Waals surface area contributed by atoms with Crippen molar-refractivity contribution in [2.45, 2.75) is 6.61 Å². The van der Waals surface area contributed by atoms with Crippen LogP contribution in [0.25, 0.3) is 0 Å². The van der Waals surface area contributed by atoms with E-state index in [1.165, 1.54) is 0 Å². The molecule has 2 rings (SSSR count). The van der Waals surface area contributed by atoms with Gasteiger partial charge in [0.1, 0.15) is 24.7 Å². The summed E-state index contributed by atoms with van der Waals surface area (Å²) in [6, 6.07) is 15.7. The largest absolute Gasteiger partial charge is 0.497 e. The van der Waals surface area contributed by atoms with E-state index in [0.29, 0.717) is 5.75 Å². The molecule has 0 unspecified atom stereocenters. The molecule has 2 aromatic carbocycles. The molecule has 23 heavy (non-hydrogen) atoms. The fraction of sp³-hybridized carbons (Fsp3) is 0.176. The monoisotopic (exact) mass is 315 g/mol. The number of rotatable bonds is 6. The topological polar surface area (TPSA) is 73.9 Å². The number of benzene rings is 2. The van der Waals surface area contributed by atoms with E-state index in [1.54, 1.807) is 55.6 Å². The summed E-state index contributed by atoms with van der Waals surface area (Å²) >= 11 is 0. The van der Waals surface area contributed by atoms with Crippen LogP contribution in [0.4, 0.5) is 4.79 Å². The molecule has 0 aliphatic carbocycles. The second-order valence-electron chi connectivity index (χ2n) is 4.56. The third-order valence-electron chi connectivity index (χ3n) is 2.88. The summed E-state index contributed by atoms with van der Waals surface area (Å²) in [6.07, 6.45) is -0.689. The standard InChI is InChI=1S/C17H17NO5/c1-21-14-9-7-13(8-10-14)12-22-17(20)18-11-16(19)23-15-5-3-2-4-6-15/h2-10H,11-12H2,1H3,(H,18,20). The molecule has 0 aliphatic heterocycles. The Bertz CT molecular complexity index is 640. The van der Waals surface area contributed by atoms with E-state index in [0.717, 1.165) is 11.3 Å². The molecular weight excluding hydrogens is 298 g/mol. The van der Waals surface area contributed by atoms with E-state index in [2.05, 4.69) is 5.32 Å². The van der Waals surface area contributed by atoms with Crippen molar-refractivity contribution in [2.24, 2.45) is 0 Å². The lowest BCUT2D eigenvalue weighted by Crippen LogP contribution is -2.32. The SMILES string of the molecule is COc1ccc(COC(=O)NCC(=O)Oc2ccccc2)cc1. The number of alkyl carbamates (subject to hydrolysis) is 1. The molecule has 120 valence electrons.